The first-order valence-corrected chi connectivity index (χ1v) is 9.06. The van der Waals surface area contributed by atoms with Crippen LogP contribution < -0.4 is 19.1 Å². The Balaban J connectivity index is 1.64. The van der Waals surface area contributed by atoms with Gasteiger partial charge in [0.05, 0.1) is 12.3 Å². The van der Waals surface area contributed by atoms with Gasteiger partial charge in [-0.25, -0.2) is 0 Å². The Kier molecular flexibility index (Phi) is 4.89. The number of aliphatic hydroxyl groups excluding tert-OH is 1. The number of hydrogen-bond donors (Lipinski definition) is 1. The number of thiocarbonyl (C=S) groups is 1. The lowest BCUT2D eigenvalue weighted by Gasteiger charge is -2.16. The average Bonchev–Trinajstić information content (AvgIpc) is 3.25. The summed E-state index contributed by atoms with van der Waals surface area (Å²) in [6.45, 7) is 0.309. The number of carbonyl (C=O) groups excluding carboxylic acids is 1. The molecule has 2 aromatic carbocycles. The molecule has 0 aliphatic carbocycles. The van der Waals surface area contributed by atoms with Crippen LogP contribution in [0.2, 0.25) is 0 Å². The summed E-state index contributed by atoms with van der Waals surface area (Å²) in [5.74, 6) is 1.62. The lowest BCUT2D eigenvalue weighted by atomic mass is 10.1. The van der Waals surface area contributed by atoms with Crippen molar-refractivity contribution in [3.05, 3.63) is 53.7 Å². The van der Waals surface area contributed by atoms with Crippen molar-refractivity contribution in [2.75, 3.05) is 32.0 Å². The molecule has 0 atom stereocenters. The Morgan fingerprint density at radius 1 is 1.21 bits per heavy atom. The van der Waals surface area contributed by atoms with E-state index in [-0.39, 0.29) is 25.9 Å². The van der Waals surface area contributed by atoms with Gasteiger partial charge < -0.3 is 24.2 Å². The molecule has 28 heavy (non-hydrogen) atoms. The van der Waals surface area contributed by atoms with Gasteiger partial charge in [0.25, 0.3) is 5.91 Å². The summed E-state index contributed by atoms with van der Waals surface area (Å²) >= 11 is 5.49. The van der Waals surface area contributed by atoms with Gasteiger partial charge in [0, 0.05) is 13.1 Å². The number of hydrogen-bond acceptors (Lipinski definition) is 6. The van der Waals surface area contributed by atoms with Crippen molar-refractivity contribution in [2.24, 2.45) is 0 Å². The highest BCUT2D eigenvalue weighted by Gasteiger charge is 2.37. The summed E-state index contributed by atoms with van der Waals surface area (Å²) in [6, 6.07) is 12.6. The van der Waals surface area contributed by atoms with Crippen LogP contribution in [0.3, 0.4) is 0 Å². The lowest BCUT2D eigenvalue weighted by Crippen LogP contribution is -2.31. The van der Waals surface area contributed by atoms with Crippen LogP contribution in [0.15, 0.2) is 48.2 Å². The zero-order valence-electron chi connectivity index (χ0n) is 15.1. The quantitative estimate of drug-likeness (QED) is 0.613. The molecule has 2 aliphatic heterocycles. The summed E-state index contributed by atoms with van der Waals surface area (Å²) in [5.41, 5.74) is 1.86. The number of fused-ring (bicyclic) bond motifs is 1. The molecule has 0 unspecified atom stereocenters. The number of ether oxygens (including phenoxy) is 3. The zero-order chi connectivity index (χ0) is 19.7. The molecule has 2 aliphatic rings. The Morgan fingerprint density at radius 2 is 2.04 bits per heavy atom. The SMILES string of the molecule is CN1C(=S)N(c2ccc3c(c2)OCO3)C(=O)/C1=C\c1cccc(OCCO)c1. The predicted octanol–water partition coefficient (Wildman–Crippen LogP) is 2.39. The third-order valence-corrected chi connectivity index (χ3v) is 4.85. The number of likely N-dealkylation sites (N-methyl/N-ethyl adjacent to an activating group) is 1. The molecule has 1 amide bonds. The first kappa shape index (κ1) is 18.3. The number of rotatable bonds is 5. The summed E-state index contributed by atoms with van der Waals surface area (Å²) in [5, 5.41) is 9.27. The van der Waals surface area contributed by atoms with Crippen LogP contribution in [0.25, 0.3) is 6.08 Å². The number of benzene rings is 2. The van der Waals surface area contributed by atoms with Crippen molar-refractivity contribution in [1.82, 2.24) is 4.90 Å². The number of aliphatic hydroxyl groups is 1. The highest BCUT2D eigenvalue weighted by atomic mass is 32.1. The molecule has 1 fully saturated rings. The second-order valence-electron chi connectivity index (χ2n) is 6.19. The van der Waals surface area contributed by atoms with Gasteiger partial charge in [0.1, 0.15) is 18.1 Å². The normalized spacial score (nSPS) is 17.0. The van der Waals surface area contributed by atoms with Crippen LogP contribution in [-0.2, 0) is 4.79 Å². The number of anilines is 1. The van der Waals surface area contributed by atoms with Gasteiger partial charge in [0.2, 0.25) is 6.79 Å². The van der Waals surface area contributed by atoms with Crippen LogP contribution in [-0.4, -0.2) is 48.1 Å². The van der Waals surface area contributed by atoms with Crippen molar-refractivity contribution >= 4 is 35.0 Å². The Hall–Kier alpha value is -3.10. The molecular weight excluding hydrogens is 380 g/mol. The molecule has 2 heterocycles. The molecule has 0 saturated carbocycles. The Bertz CT molecular complexity index is 975. The van der Waals surface area contributed by atoms with Crippen molar-refractivity contribution in [3.8, 4) is 17.2 Å². The van der Waals surface area contributed by atoms with E-state index < -0.39 is 0 Å². The lowest BCUT2D eigenvalue weighted by molar-refractivity contribution is -0.114. The minimum Gasteiger partial charge on any atom is -0.491 e. The summed E-state index contributed by atoms with van der Waals surface area (Å²) in [6.07, 6.45) is 1.76. The molecule has 0 aromatic heterocycles. The number of carbonyl (C=O) groups is 1. The minimum absolute atomic E-state index is 0.0642. The second-order valence-corrected chi connectivity index (χ2v) is 6.56. The molecule has 0 radical (unpaired) electrons. The number of amides is 1. The molecule has 2 aromatic rings. The van der Waals surface area contributed by atoms with Crippen LogP contribution in [0.4, 0.5) is 5.69 Å². The smallest absolute Gasteiger partial charge is 0.281 e. The Labute approximate surface area is 167 Å². The van der Waals surface area contributed by atoms with Crippen LogP contribution in [0, 0.1) is 0 Å². The fourth-order valence-corrected chi connectivity index (χ4v) is 3.31. The second kappa shape index (κ2) is 7.49. The first-order valence-electron chi connectivity index (χ1n) is 8.65. The van der Waals surface area contributed by atoms with Crippen LogP contribution in [0.5, 0.6) is 17.2 Å². The van der Waals surface area contributed by atoms with Gasteiger partial charge in [-0.15, -0.1) is 0 Å². The van der Waals surface area contributed by atoms with E-state index in [1.165, 1.54) is 4.90 Å². The van der Waals surface area contributed by atoms with E-state index in [0.29, 0.717) is 33.7 Å². The predicted molar refractivity (Wildman–Crippen MR) is 107 cm³/mol. The highest BCUT2D eigenvalue weighted by molar-refractivity contribution is 7.80. The molecule has 1 saturated heterocycles. The Morgan fingerprint density at radius 3 is 2.86 bits per heavy atom. The highest BCUT2D eigenvalue weighted by Crippen LogP contribution is 2.37. The first-order chi connectivity index (χ1) is 13.6. The molecule has 0 bridgehead atoms. The molecule has 0 spiro atoms. The summed E-state index contributed by atoms with van der Waals surface area (Å²) in [4.78, 5) is 16.2. The van der Waals surface area contributed by atoms with Crippen molar-refractivity contribution in [2.45, 2.75) is 0 Å². The standard InChI is InChI=1S/C20H18N2O5S/c1-21-16(10-13-3-2-4-15(9-13)25-8-7-23)19(24)22(20(21)28)14-5-6-17-18(11-14)27-12-26-17/h2-6,9-11,23H,7-8,12H2,1H3/b16-10+. The fraction of sp³-hybridized carbons (Fsp3) is 0.200. The van der Waals surface area contributed by atoms with Gasteiger partial charge in [-0.1, -0.05) is 12.1 Å². The molecule has 8 heteroatoms. The average molecular weight is 398 g/mol. The van der Waals surface area contributed by atoms with Gasteiger partial charge in [0.15, 0.2) is 16.6 Å². The van der Waals surface area contributed by atoms with Crippen LogP contribution in [0.1, 0.15) is 5.56 Å². The van der Waals surface area contributed by atoms with E-state index in [4.69, 9.17) is 31.5 Å². The van der Waals surface area contributed by atoms with Gasteiger partial charge >= 0.3 is 0 Å². The van der Waals surface area contributed by atoms with Crippen molar-refractivity contribution in [1.29, 1.82) is 0 Å². The largest absolute Gasteiger partial charge is 0.491 e. The van der Waals surface area contributed by atoms with Crippen LogP contribution >= 0.6 is 12.2 Å². The monoisotopic (exact) mass is 398 g/mol. The van der Waals surface area contributed by atoms with E-state index in [2.05, 4.69) is 0 Å². The summed E-state index contributed by atoms with van der Waals surface area (Å²) in [7, 11) is 1.76. The third-order valence-electron chi connectivity index (χ3n) is 4.40. The van der Waals surface area contributed by atoms with E-state index in [1.54, 1.807) is 48.4 Å². The maximum Gasteiger partial charge on any atom is 0.281 e. The maximum atomic E-state index is 13.1. The van der Waals surface area contributed by atoms with E-state index in [9.17, 15) is 4.79 Å². The van der Waals surface area contributed by atoms with Crippen molar-refractivity contribution < 1.29 is 24.1 Å². The molecule has 144 valence electrons. The fourth-order valence-electron chi connectivity index (χ4n) is 3.02. The molecule has 4 rings (SSSR count). The zero-order valence-corrected chi connectivity index (χ0v) is 15.9. The number of nitrogens with zero attached hydrogens (tertiary/aromatic N) is 2. The molecular formula is C20H18N2O5S. The van der Waals surface area contributed by atoms with Gasteiger partial charge in [-0.2, -0.15) is 0 Å². The molecule has 1 N–H and O–H groups in total. The molecule has 7 nitrogen and oxygen atoms in total. The third kappa shape index (κ3) is 3.28. The van der Waals surface area contributed by atoms with E-state index in [1.807, 2.05) is 12.1 Å². The van der Waals surface area contributed by atoms with Gasteiger partial charge in [-0.3, -0.25) is 9.69 Å². The van der Waals surface area contributed by atoms with Crippen molar-refractivity contribution in [3.63, 3.8) is 0 Å². The topological polar surface area (TPSA) is 71.5 Å². The van der Waals surface area contributed by atoms with E-state index >= 15 is 0 Å². The maximum absolute atomic E-state index is 13.1. The summed E-state index contributed by atoms with van der Waals surface area (Å²) < 4.78 is 16.2. The van der Waals surface area contributed by atoms with Gasteiger partial charge in [-0.05, 0) is 48.1 Å². The minimum atomic E-state index is -0.229. The van der Waals surface area contributed by atoms with E-state index in [0.717, 1.165) is 5.56 Å².